The molecule has 0 bridgehead atoms. The summed E-state index contributed by atoms with van der Waals surface area (Å²) in [5.74, 6) is -1.29. The number of benzene rings is 3. The van der Waals surface area contributed by atoms with Gasteiger partial charge in [-0.3, -0.25) is 24.6 Å². The maximum Gasteiger partial charge on any atom is 0.339 e. The van der Waals surface area contributed by atoms with Gasteiger partial charge in [0.15, 0.2) is 0 Å². The molecule has 1 aliphatic heterocycles. The first kappa shape index (κ1) is 25.4. The Balaban J connectivity index is 1.47. The molecule has 3 aromatic carbocycles. The molecular formula is C23H14ClFN2O7S2. The minimum atomic E-state index is -4.24. The Labute approximate surface area is 213 Å². The molecule has 9 nitrogen and oxygen atoms in total. The highest BCUT2D eigenvalue weighted by atomic mass is 35.5. The van der Waals surface area contributed by atoms with E-state index in [0.717, 1.165) is 29.2 Å². The molecule has 1 heterocycles. The third kappa shape index (κ3) is 5.40. The van der Waals surface area contributed by atoms with E-state index in [2.05, 4.69) is 0 Å². The molecule has 0 aliphatic carbocycles. The minimum absolute atomic E-state index is 0.0263. The van der Waals surface area contributed by atoms with Crippen LogP contribution in [0.1, 0.15) is 11.1 Å². The molecule has 0 N–H and O–H groups in total. The molecule has 0 saturated carbocycles. The molecule has 2 amide bonds. The highest BCUT2D eigenvalue weighted by molar-refractivity contribution is 8.18. The zero-order chi connectivity index (χ0) is 26.0. The Bertz CT molecular complexity index is 1490. The van der Waals surface area contributed by atoms with Crippen LogP contribution in [-0.2, 0) is 21.5 Å². The molecule has 0 radical (unpaired) electrons. The zero-order valence-electron chi connectivity index (χ0n) is 18.0. The molecule has 1 fully saturated rings. The molecule has 0 atom stereocenters. The second-order valence-corrected chi connectivity index (χ2v) is 10.3. The topological polar surface area (TPSA) is 124 Å². The third-order valence-corrected chi connectivity index (χ3v) is 7.49. The number of nitro groups is 1. The highest BCUT2D eigenvalue weighted by Crippen LogP contribution is 2.35. The third-order valence-electron chi connectivity index (χ3n) is 4.97. The van der Waals surface area contributed by atoms with Crippen LogP contribution >= 0.6 is 23.4 Å². The van der Waals surface area contributed by atoms with Crippen LogP contribution in [0, 0.1) is 15.9 Å². The Hall–Kier alpha value is -3.74. The van der Waals surface area contributed by atoms with E-state index in [4.69, 9.17) is 15.8 Å². The van der Waals surface area contributed by atoms with Gasteiger partial charge in [-0.25, -0.2) is 4.39 Å². The summed E-state index contributed by atoms with van der Waals surface area (Å²) >= 11 is 6.68. The van der Waals surface area contributed by atoms with Gasteiger partial charge in [0.25, 0.3) is 16.8 Å². The van der Waals surface area contributed by atoms with Crippen LogP contribution in [-0.4, -0.2) is 29.4 Å². The fourth-order valence-corrected chi connectivity index (χ4v) is 5.15. The Morgan fingerprint density at radius 1 is 1.06 bits per heavy atom. The Morgan fingerprint density at radius 3 is 2.33 bits per heavy atom. The van der Waals surface area contributed by atoms with Crippen LogP contribution in [0.2, 0.25) is 5.02 Å². The smallest absolute Gasteiger partial charge is 0.339 e. The summed E-state index contributed by atoms with van der Waals surface area (Å²) < 4.78 is 44.0. The molecule has 4 rings (SSSR count). The first-order valence-corrected chi connectivity index (χ1v) is 12.6. The van der Waals surface area contributed by atoms with Crippen LogP contribution in [0.25, 0.3) is 6.08 Å². The van der Waals surface area contributed by atoms with Gasteiger partial charge in [0.2, 0.25) is 0 Å². The number of halogens is 2. The molecule has 1 saturated heterocycles. The van der Waals surface area contributed by atoms with Gasteiger partial charge in [-0.1, -0.05) is 29.8 Å². The highest BCUT2D eigenvalue weighted by Gasteiger charge is 2.35. The summed E-state index contributed by atoms with van der Waals surface area (Å²) in [5.41, 5.74) is 0.239. The zero-order valence-corrected chi connectivity index (χ0v) is 20.3. The maximum absolute atomic E-state index is 14.1. The first-order chi connectivity index (χ1) is 17.0. The minimum Gasteiger partial charge on any atom is -0.379 e. The number of non-ortho nitro benzene ring substituents is 1. The van der Waals surface area contributed by atoms with Gasteiger partial charge in [0, 0.05) is 22.7 Å². The summed E-state index contributed by atoms with van der Waals surface area (Å²) in [6.07, 6.45) is 1.43. The Morgan fingerprint density at radius 2 is 1.72 bits per heavy atom. The van der Waals surface area contributed by atoms with Crippen LogP contribution in [0.15, 0.2) is 76.5 Å². The second kappa shape index (κ2) is 10.1. The van der Waals surface area contributed by atoms with Gasteiger partial charge < -0.3 is 4.18 Å². The fraction of sp³-hybridized carbons (Fsp3) is 0.0435. The molecule has 3 aromatic rings. The summed E-state index contributed by atoms with van der Waals surface area (Å²) in [7, 11) is -4.24. The normalized spacial score (nSPS) is 14.9. The van der Waals surface area contributed by atoms with Crippen LogP contribution < -0.4 is 4.18 Å². The number of amides is 2. The van der Waals surface area contributed by atoms with Crippen molar-refractivity contribution in [2.24, 2.45) is 0 Å². The summed E-state index contributed by atoms with van der Waals surface area (Å²) in [6, 6.07) is 13.9. The molecule has 184 valence electrons. The van der Waals surface area contributed by atoms with Crippen LogP contribution in [0.3, 0.4) is 0 Å². The lowest BCUT2D eigenvalue weighted by atomic mass is 10.2. The van der Waals surface area contributed by atoms with Crippen LogP contribution in [0.4, 0.5) is 14.9 Å². The summed E-state index contributed by atoms with van der Waals surface area (Å²) in [5, 5.41) is 10.2. The van der Waals surface area contributed by atoms with E-state index in [1.54, 1.807) is 0 Å². The predicted octanol–water partition coefficient (Wildman–Crippen LogP) is 5.39. The van der Waals surface area contributed by atoms with Gasteiger partial charge in [-0.2, -0.15) is 8.42 Å². The number of nitro benzene ring substituents is 1. The standard InChI is InChI=1S/C23H14ClFN2O7S2/c24-19-2-1-3-20(25)18(19)13-26-22(28)21(35-23(26)29)12-14-4-8-16(9-5-14)34-36(32,33)17-10-6-15(7-11-17)27(30)31/h1-12H,13H2/b21-12-. The van der Waals surface area contributed by atoms with Crippen molar-refractivity contribution in [3.05, 3.63) is 104 Å². The number of imide groups is 1. The van der Waals surface area contributed by atoms with Crippen molar-refractivity contribution in [1.29, 1.82) is 0 Å². The summed E-state index contributed by atoms with van der Waals surface area (Å²) in [6.45, 7) is -0.319. The van der Waals surface area contributed by atoms with Crippen molar-refractivity contribution in [1.82, 2.24) is 4.90 Å². The van der Waals surface area contributed by atoms with E-state index >= 15 is 0 Å². The molecule has 0 aromatic heterocycles. The monoisotopic (exact) mass is 548 g/mol. The van der Waals surface area contributed by atoms with Crippen molar-refractivity contribution in [2.45, 2.75) is 11.4 Å². The van der Waals surface area contributed by atoms with E-state index in [1.165, 1.54) is 48.5 Å². The number of hydrogen-bond acceptors (Lipinski definition) is 8. The van der Waals surface area contributed by atoms with Crippen molar-refractivity contribution in [3.63, 3.8) is 0 Å². The number of hydrogen-bond donors (Lipinski definition) is 0. The van der Waals surface area contributed by atoms with Crippen molar-refractivity contribution >= 4 is 56.4 Å². The Kier molecular flexibility index (Phi) is 7.11. The van der Waals surface area contributed by atoms with Gasteiger partial charge in [0.1, 0.15) is 16.5 Å². The average molecular weight is 549 g/mol. The van der Waals surface area contributed by atoms with Gasteiger partial charge in [0.05, 0.1) is 16.4 Å². The largest absolute Gasteiger partial charge is 0.379 e. The van der Waals surface area contributed by atoms with Gasteiger partial charge >= 0.3 is 10.1 Å². The average Bonchev–Trinajstić information content (AvgIpc) is 3.09. The fourth-order valence-electron chi connectivity index (χ4n) is 3.16. The molecule has 1 aliphatic rings. The molecule has 0 spiro atoms. The van der Waals surface area contributed by atoms with E-state index in [9.17, 15) is 32.5 Å². The number of nitrogens with zero attached hydrogens (tertiary/aromatic N) is 2. The lowest BCUT2D eigenvalue weighted by Gasteiger charge is -2.14. The maximum atomic E-state index is 14.1. The quantitative estimate of drug-likeness (QED) is 0.166. The summed E-state index contributed by atoms with van der Waals surface area (Å²) in [4.78, 5) is 35.9. The number of carbonyl (C=O) groups excluding carboxylic acids is 2. The van der Waals surface area contributed by atoms with Crippen molar-refractivity contribution in [2.75, 3.05) is 0 Å². The van der Waals surface area contributed by atoms with Crippen molar-refractivity contribution in [3.8, 4) is 5.75 Å². The van der Waals surface area contributed by atoms with E-state index in [-0.39, 0.29) is 38.4 Å². The molecule has 36 heavy (non-hydrogen) atoms. The number of carbonyl (C=O) groups is 2. The van der Waals surface area contributed by atoms with E-state index in [1.807, 2.05) is 0 Å². The first-order valence-electron chi connectivity index (χ1n) is 10.0. The van der Waals surface area contributed by atoms with Gasteiger partial charge in [-0.05, 0) is 59.8 Å². The molecular weight excluding hydrogens is 535 g/mol. The number of thioether (sulfide) groups is 1. The van der Waals surface area contributed by atoms with Gasteiger partial charge in [-0.15, -0.1) is 0 Å². The van der Waals surface area contributed by atoms with E-state index < -0.39 is 32.0 Å². The SMILES string of the molecule is O=C1S/C(=C\c2ccc(OS(=O)(=O)c3ccc([N+](=O)[O-])cc3)cc2)C(=O)N1Cc1c(F)cccc1Cl. The number of rotatable bonds is 7. The molecule has 13 heteroatoms. The van der Waals surface area contributed by atoms with Crippen molar-refractivity contribution < 1.29 is 31.5 Å². The molecule has 0 unspecified atom stereocenters. The lowest BCUT2D eigenvalue weighted by Crippen LogP contribution is -2.28. The van der Waals surface area contributed by atoms with Crippen LogP contribution in [0.5, 0.6) is 5.75 Å². The second-order valence-electron chi connectivity index (χ2n) is 7.33. The predicted molar refractivity (Wildman–Crippen MR) is 130 cm³/mol. The van der Waals surface area contributed by atoms with E-state index in [0.29, 0.717) is 17.3 Å². The lowest BCUT2D eigenvalue weighted by molar-refractivity contribution is -0.384.